The average molecular weight is 834 g/mol. The Bertz CT molecular complexity index is 2850. The fourth-order valence-electron chi connectivity index (χ4n) is 7.15. The van der Waals surface area contributed by atoms with Crippen molar-refractivity contribution in [3.63, 3.8) is 0 Å². The maximum Gasteiger partial charge on any atom is 2.00 e. The summed E-state index contributed by atoms with van der Waals surface area (Å²) in [5.74, 6) is 0. The van der Waals surface area contributed by atoms with Crippen molar-refractivity contribution in [1.29, 1.82) is 0 Å². The van der Waals surface area contributed by atoms with Gasteiger partial charge in [-0.1, -0.05) is 84.2 Å². The Hall–Kier alpha value is -5.27. The van der Waals surface area contributed by atoms with Gasteiger partial charge < -0.3 is 4.98 Å². The first kappa shape index (κ1) is 28.9. The molecule has 0 bridgehead atoms. The first-order valence-electron chi connectivity index (χ1n) is 15.8. The third kappa shape index (κ3) is 4.56. The van der Waals surface area contributed by atoms with Gasteiger partial charge in [0.1, 0.15) is 0 Å². The van der Waals surface area contributed by atoms with Crippen LogP contribution in [0.2, 0.25) is 0 Å². The molecule has 0 radical (unpaired) electrons. The van der Waals surface area contributed by atoms with Crippen molar-refractivity contribution < 1.29 is 31.1 Å². The maximum absolute atomic E-state index is 5.36. The summed E-state index contributed by atoms with van der Waals surface area (Å²) in [5, 5.41) is 7.94. The average Bonchev–Trinajstić information content (AvgIpc) is 3.54. The van der Waals surface area contributed by atoms with Crippen LogP contribution in [0.3, 0.4) is 0 Å². The topological polar surface area (TPSA) is 41.6 Å². The molecule has 48 heavy (non-hydrogen) atoms. The molecule has 10 aromatic rings. The van der Waals surface area contributed by atoms with Crippen LogP contribution in [0.4, 0.5) is 0 Å². The van der Waals surface area contributed by atoms with E-state index in [4.69, 9.17) is 9.97 Å². The van der Waals surface area contributed by atoms with Gasteiger partial charge in [-0.25, -0.2) is 16.1 Å². The van der Waals surface area contributed by atoms with Crippen molar-refractivity contribution in [2.24, 2.45) is 0 Å². The van der Waals surface area contributed by atoms with E-state index in [0.29, 0.717) is 0 Å². The van der Waals surface area contributed by atoms with Crippen LogP contribution >= 0.6 is 0 Å². The van der Waals surface area contributed by atoms with E-state index >= 15 is 0 Å². The molecule has 3 nitrogen and oxygen atoms in total. The molecule has 3 heterocycles. The van der Waals surface area contributed by atoms with Crippen molar-refractivity contribution >= 4 is 65.3 Å². The summed E-state index contributed by atoms with van der Waals surface area (Å²) in [7, 11) is 0. The first-order chi connectivity index (χ1) is 23.3. The predicted molar refractivity (Wildman–Crippen MR) is 195 cm³/mol. The normalized spacial score (nSPS) is 11.6. The van der Waals surface area contributed by atoms with Gasteiger partial charge in [-0.2, -0.15) is 36.4 Å². The molecule has 0 fully saturated rings. The Morgan fingerprint density at radius 3 is 2.23 bits per heavy atom. The van der Waals surface area contributed by atoms with Crippen LogP contribution in [0, 0.1) is 43.2 Å². The molecule has 7 aromatic carbocycles. The molecule has 0 aliphatic carbocycles. The molecule has 4 heteroatoms. The van der Waals surface area contributed by atoms with Crippen LogP contribution in [0.5, 0.6) is 0 Å². The summed E-state index contributed by atoms with van der Waals surface area (Å²) in [6.07, 6.45) is 0. The number of nitrogens with zero attached hydrogens (tertiary/aromatic N) is 2. The Balaban J connectivity index is 0.00000314. The van der Waals surface area contributed by atoms with Gasteiger partial charge >= 0.3 is 31.1 Å². The van der Waals surface area contributed by atoms with Gasteiger partial charge in [-0.15, -0.1) is 12.1 Å². The van der Waals surface area contributed by atoms with Crippen molar-refractivity contribution in [2.45, 2.75) is 0 Å². The van der Waals surface area contributed by atoms with E-state index in [9.17, 15) is 0 Å². The standard InChI is InChI=1S/C44H25N3.U/c1-2-11-27(12-3-1)28-21-22-36-40(26-28)47-43(41-35-18-7-9-20-39(35)46-44(36)41)31-15-10-14-29(23-31)37-25-32-24-30-13-4-8-19-38(30)45-42(32)34-17-6-5-16-33(34)37;/h1-11,13-25,46H;/q-2;+2. The minimum Gasteiger partial charge on any atom is -0.362 e. The van der Waals surface area contributed by atoms with E-state index in [1.165, 1.54) is 10.9 Å². The van der Waals surface area contributed by atoms with Crippen LogP contribution < -0.4 is 0 Å². The third-order valence-electron chi connectivity index (χ3n) is 9.33. The van der Waals surface area contributed by atoms with Crippen LogP contribution in [-0.2, 0) is 0 Å². The number of pyridine rings is 2. The fraction of sp³-hybridized carbons (Fsp3) is 0. The molecule has 0 spiro atoms. The Morgan fingerprint density at radius 2 is 1.33 bits per heavy atom. The maximum atomic E-state index is 5.36. The zero-order chi connectivity index (χ0) is 30.9. The summed E-state index contributed by atoms with van der Waals surface area (Å²) in [6.45, 7) is 0. The Morgan fingerprint density at radius 1 is 0.542 bits per heavy atom. The van der Waals surface area contributed by atoms with Gasteiger partial charge in [-0.05, 0) is 52.4 Å². The molecule has 0 saturated heterocycles. The molecule has 0 amide bonds. The molecular weight excluding hydrogens is 809 g/mol. The number of benzene rings is 7. The van der Waals surface area contributed by atoms with Crippen molar-refractivity contribution in [3.8, 4) is 33.5 Å². The number of fused-ring (bicyclic) bond motifs is 9. The van der Waals surface area contributed by atoms with Gasteiger partial charge in [0.25, 0.3) is 0 Å². The van der Waals surface area contributed by atoms with Gasteiger partial charge in [0, 0.05) is 43.5 Å². The van der Waals surface area contributed by atoms with Crippen LogP contribution in [0.15, 0.2) is 146 Å². The van der Waals surface area contributed by atoms with Crippen LogP contribution in [0.1, 0.15) is 0 Å². The smallest absolute Gasteiger partial charge is 0.362 e. The third-order valence-corrected chi connectivity index (χ3v) is 9.33. The largest absolute Gasteiger partial charge is 2.00 e. The van der Waals surface area contributed by atoms with E-state index in [1.54, 1.807) is 0 Å². The van der Waals surface area contributed by atoms with Crippen molar-refractivity contribution in [2.75, 3.05) is 0 Å². The molecule has 220 valence electrons. The monoisotopic (exact) mass is 833 g/mol. The predicted octanol–water partition coefficient (Wildman–Crippen LogP) is 11.3. The van der Waals surface area contributed by atoms with Gasteiger partial charge in [0.15, 0.2) is 0 Å². The van der Waals surface area contributed by atoms with E-state index < -0.39 is 0 Å². The van der Waals surface area contributed by atoms with Crippen molar-refractivity contribution in [3.05, 3.63) is 158 Å². The quantitative estimate of drug-likeness (QED) is 0.109. The summed E-state index contributed by atoms with van der Waals surface area (Å²) in [4.78, 5) is 14.2. The molecule has 3 aromatic heterocycles. The summed E-state index contributed by atoms with van der Waals surface area (Å²) < 4.78 is 0. The zero-order valence-electron chi connectivity index (χ0n) is 25.8. The van der Waals surface area contributed by atoms with E-state index in [2.05, 4.69) is 138 Å². The summed E-state index contributed by atoms with van der Waals surface area (Å²) in [5.41, 5.74) is 11.3. The fourth-order valence-corrected chi connectivity index (χ4v) is 7.15. The molecule has 0 saturated carbocycles. The number of para-hydroxylation sites is 2. The number of nitrogens with one attached hydrogen (secondary N) is 1. The molecule has 0 aliphatic rings. The molecular formula is C44H25N3U. The minimum absolute atomic E-state index is 0. The Labute approximate surface area is 300 Å². The Kier molecular flexibility index (Phi) is 6.90. The van der Waals surface area contributed by atoms with E-state index in [-0.39, 0.29) is 31.1 Å². The van der Waals surface area contributed by atoms with Gasteiger partial charge in [-0.3, -0.25) is 4.98 Å². The molecule has 1 N–H and O–H groups in total. The number of H-pyrrole nitrogens is 1. The summed E-state index contributed by atoms with van der Waals surface area (Å²) in [6, 6.07) is 58.1. The van der Waals surface area contributed by atoms with Crippen LogP contribution in [-0.4, -0.2) is 15.0 Å². The number of rotatable bonds is 3. The minimum atomic E-state index is 0. The second kappa shape index (κ2) is 11.5. The first-order valence-corrected chi connectivity index (χ1v) is 15.8. The van der Waals surface area contributed by atoms with E-state index in [0.717, 1.165) is 87.8 Å². The zero-order valence-corrected chi connectivity index (χ0v) is 29.9. The van der Waals surface area contributed by atoms with Crippen molar-refractivity contribution in [1.82, 2.24) is 15.0 Å². The second-order valence-electron chi connectivity index (χ2n) is 12.1. The van der Waals surface area contributed by atoms with Crippen LogP contribution in [0.25, 0.3) is 98.8 Å². The molecule has 0 aliphatic heterocycles. The number of aromatic nitrogens is 3. The molecule has 0 atom stereocenters. The second-order valence-corrected chi connectivity index (χ2v) is 12.1. The summed E-state index contributed by atoms with van der Waals surface area (Å²) >= 11 is 0. The number of hydrogen-bond acceptors (Lipinski definition) is 2. The van der Waals surface area contributed by atoms with Gasteiger partial charge in [0.05, 0.1) is 16.7 Å². The van der Waals surface area contributed by atoms with E-state index in [1.807, 2.05) is 24.3 Å². The molecule has 10 rings (SSSR count). The SMILES string of the molecule is [U+2].[c-]1ccccc1-c1[c-]c2nc(-c3cccc(-c4cc5cc6ccccc6nc5c5ccccc45)c3)c3c4ccccc4[nH]c3c2cc1. The number of aromatic amines is 1. The molecule has 0 unspecified atom stereocenters. The number of hydrogen-bond donors (Lipinski definition) is 1. The van der Waals surface area contributed by atoms with Gasteiger partial charge in [0.2, 0.25) is 0 Å².